The number of aliphatic hydroxyl groups excluding tert-OH is 1. The highest BCUT2D eigenvalue weighted by Gasteiger charge is 2.21. The summed E-state index contributed by atoms with van der Waals surface area (Å²) in [6, 6.07) is 0.761. The second kappa shape index (κ2) is 4.83. The van der Waals surface area contributed by atoms with Gasteiger partial charge in [0.15, 0.2) is 0 Å². The van der Waals surface area contributed by atoms with Crippen LogP contribution in [0.2, 0.25) is 0 Å². The Morgan fingerprint density at radius 2 is 1.33 bits per heavy atom. The van der Waals surface area contributed by atoms with Gasteiger partial charge in [-0.15, -0.1) is 0 Å². The van der Waals surface area contributed by atoms with Gasteiger partial charge in [0.25, 0.3) is 0 Å². The Hall–Kier alpha value is -0.0800. The maximum Gasteiger partial charge on any atom is 0.0664 e. The first-order valence-electron chi connectivity index (χ1n) is 4.78. The standard InChI is InChI=1S/C10H23NO/c1-7(2)8(3)11(6)9(4)10(5)12/h7-10,12H,1-6H3. The van der Waals surface area contributed by atoms with Crippen LogP contribution in [-0.2, 0) is 0 Å². The molecule has 12 heavy (non-hydrogen) atoms. The normalized spacial score (nSPS) is 19.8. The van der Waals surface area contributed by atoms with E-state index in [9.17, 15) is 5.11 Å². The number of nitrogens with zero attached hydrogens (tertiary/aromatic N) is 1. The van der Waals surface area contributed by atoms with Crippen molar-refractivity contribution in [3.8, 4) is 0 Å². The molecule has 0 saturated carbocycles. The van der Waals surface area contributed by atoms with Crippen molar-refractivity contribution in [3.05, 3.63) is 0 Å². The number of hydrogen-bond acceptors (Lipinski definition) is 2. The maximum atomic E-state index is 9.38. The van der Waals surface area contributed by atoms with Crippen LogP contribution in [0, 0.1) is 5.92 Å². The van der Waals surface area contributed by atoms with Crippen LogP contribution >= 0.6 is 0 Å². The summed E-state index contributed by atoms with van der Waals surface area (Å²) >= 11 is 0. The maximum absolute atomic E-state index is 9.38. The van der Waals surface area contributed by atoms with Crippen LogP contribution in [0.4, 0.5) is 0 Å². The van der Waals surface area contributed by atoms with Crippen molar-refractivity contribution in [2.24, 2.45) is 5.92 Å². The van der Waals surface area contributed by atoms with Crippen LogP contribution in [0.3, 0.4) is 0 Å². The van der Waals surface area contributed by atoms with E-state index in [1.165, 1.54) is 0 Å². The summed E-state index contributed by atoms with van der Waals surface area (Å²) in [5.41, 5.74) is 0. The summed E-state index contributed by atoms with van der Waals surface area (Å²) in [6.45, 7) is 10.5. The Morgan fingerprint density at radius 1 is 0.917 bits per heavy atom. The Morgan fingerprint density at radius 3 is 1.58 bits per heavy atom. The lowest BCUT2D eigenvalue weighted by Gasteiger charge is -2.34. The minimum Gasteiger partial charge on any atom is -0.392 e. The fourth-order valence-corrected chi connectivity index (χ4v) is 1.18. The predicted octanol–water partition coefficient (Wildman–Crippen LogP) is 1.73. The van der Waals surface area contributed by atoms with Gasteiger partial charge < -0.3 is 5.11 Å². The molecule has 0 amide bonds. The topological polar surface area (TPSA) is 23.5 Å². The second-order valence-electron chi connectivity index (χ2n) is 4.13. The molecule has 0 aliphatic carbocycles. The first kappa shape index (κ1) is 11.9. The van der Waals surface area contributed by atoms with E-state index in [2.05, 4.69) is 39.6 Å². The Bertz CT molecular complexity index is 109. The first-order chi connectivity index (χ1) is 5.37. The minimum atomic E-state index is -0.254. The van der Waals surface area contributed by atoms with E-state index in [-0.39, 0.29) is 12.1 Å². The largest absolute Gasteiger partial charge is 0.392 e. The van der Waals surface area contributed by atoms with E-state index in [0.717, 1.165) is 0 Å². The molecule has 0 aromatic rings. The van der Waals surface area contributed by atoms with Gasteiger partial charge in [0, 0.05) is 12.1 Å². The average Bonchev–Trinajstić information content (AvgIpc) is 2.00. The lowest BCUT2D eigenvalue weighted by atomic mass is 10.0. The molecular formula is C10H23NO. The summed E-state index contributed by atoms with van der Waals surface area (Å²) < 4.78 is 0. The molecule has 0 heterocycles. The number of aliphatic hydroxyl groups is 1. The third-order valence-corrected chi connectivity index (χ3v) is 2.95. The van der Waals surface area contributed by atoms with Crippen LogP contribution in [0.5, 0.6) is 0 Å². The highest BCUT2D eigenvalue weighted by atomic mass is 16.3. The van der Waals surface area contributed by atoms with E-state index in [1.54, 1.807) is 0 Å². The lowest BCUT2D eigenvalue weighted by molar-refractivity contribution is 0.0534. The third kappa shape index (κ3) is 3.11. The molecule has 0 radical (unpaired) electrons. The fraction of sp³-hybridized carbons (Fsp3) is 1.00. The zero-order chi connectivity index (χ0) is 9.89. The number of hydrogen-bond donors (Lipinski definition) is 1. The van der Waals surface area contributed by atoms with Crippen molar-refractivity contribution in [2.75, 3.05) is 7.05 Å². The molecule has 74 valence electrons. The molecule has 3 atom stereocenters. The molecular weight excluding hydrogens is 150 g/mol. The van der Waals surface area contributed by atoms with Crippen molar-refractivity contribution >= 4 is 0 Å². The lowest BCUT2D eigenvalue weighted by Crippen LogP contribution is -2.44. The van der Waals surface area contributed by atoms with E-state index in [0.29, 0.717) is 12.0 Å². The van der Waals surface area contributed by atoms with Crippen molar-refractivity contribution in [1.29, 1.82) is 0 Å². The van der Waals surface area contributed by atoms with E-state index < -0.39 is 0 Å². The van der Waals surface area contributed by atoms with Gasteiger partial charge in [0.1, 0.15) is 0 Å². The van der Waals surface area contributed by atoms with Gasteiger partial charge in [-0.05, 0) is 33.7 Å². The first-order valence-corrected chi connectivity index (χ1v) is 4.78. The van der Waals surface area contributed by atoms with Gasteiger partial charge >= 0.3 is 0 Å². The van der Waals surface area contributed by atoms with Crippen LogP contribution in [-0.4, -0.2) is 35.2 Å². The van der Waals surface area contributed by atoms with Crippen molar-refractivity contribution in [1.82, 2.24) is 4.90 Å². The summed E-state index contributed by atoms with van der Waals surface area (Å²) in [7, 11) is 2.07. The van der Waals surface area contributed by atoms with E-state index in [4.69, 9.17) is 0 Å². The molecule has 0 aliphatic rings. The van der Waals surface area contributed by atoms with Gasteiger partial charge in [-0.2, -0.15) is 0 Å². The number of rotatable bonds is 4. The van der Waals surface area contributed by atoms with Gasteiger partial charge in [-0.3, -0.25) is 4.90 Å². The molecule has 0 aliphatic heterocycles. The molecule has 0 saturated heterocycles. The van der Waals surface area contributed by atoms with Crippen LogP contribution in [0.1, 0.15) is 34.6 Å². The molecule has 0 fully saturated rings. The fourth-order valence-electron chi connectivity index (χ4n) is 1.18. The highest BCUT2D eigenvalue weighted by molar-refractivity contribution is 4.75. The monoisotopic (exact) mass is 173 g/mol. The molecule has 1 N–H and O–H groups in total. The van der Waals surface area contributed by atoms with Crippen LogP contribution < -0.4 is 0 Å². The molecule has 0 bridgehead atoms. The summed E-state index contributed by atoms with van der Waals surface area (Å²) in [5, 5.41) is 9.38. The quantitative estimate of drug-likeness (QED) is 0.700. The summed E-state index contributed by atoms with van der Waals surface area (Å²) in [6.07, 6.45) is -0.254. The number of likely N-dealkylation sites (N-methyl/N-ethyl adjacent to an activating group) is 1. The van der Waals surface area contributed by atoms with E-state index >= 15 is 0 Å². The van der Waals surface area contributed by atoms with Gasteiger partial charge in [-0.25, -0.2) is 0 Å². The highest BCUT2D eigenvalue weighted by Crippen LogP contribution is 2.12. The molecule has 2 nitrogen and oxygen atoms in total. The minimum absolute atomic E-state index is 0.238. The predicted molar refractivity (Wildman–Crippen MR) is 53.2 cm³/mol. The smallest absolute Gasteiger partial charge is 0.0664 e. The molecule has 0 rings (SSSR count). The molecule has 3 unspecified atom stereocenters. The van der Waals surface area contributed by atoms with Gasteiger partial charge in [0.2, 0.25) is 0 Å². The SMILES string of the molecule is CC(C)C(C)N(C)C(C)C(C)O. The van der Waals surface area contributed by atoms with Crippen LogP contribution in [0.25, 0.3) is 0 Å². The molecule has 0 aromatic heterocycles. The molecule has 0 aromatic carbocycles. The summed E-state index contributed by atoms with van der Waals surface area (Å²) in [5.74, 6) is 0.635. The Labute approximate surface area is 76.6 Å². The van der Waals surface area contributed by atoms with Gasteiger partial charge in [0.05, 0.1) is 6.10 Å². The Kier molecular flexibility index (Phi) is 4.80. The van der Waals surface area contributed by atoms with Crippen molar-refractivity contribution < 1.29 is 5.11 Å². The zero-order valence-electron chi connectivity index (χ0n) is 9.20. The molecule has 2 heteroatoms. The third-order valence-electron chi connectivity index (χ3n) is 2.95. The molecule has 0 spiro atoms. The Balaban J connectivity index is 4.08. The average molecular weight is 173 g/mol. The van der Waals surface area contributed by atoms with Crippen molar-refractivity contribution in [3.63, 3.8) is 0 Å². The zero-order valence-corrected chi connectivity index (χ0v) is 9.20. The van der Waals surface area contributed by atoms with Crippen molar-refractivity contribution in [2.45, 2.75) is 52.8 Å². The van der Waals surface area contributed by atoms with Crippen LogP contribution in [0.15, 0.2) is 0 Å². The summed E-state index contributed by atoms with van der Waals surface area (Å²) in [4.78, 5) is 2.23. The second-order valence-corrected chi connectivity index (χ2v) is 4.13. The van der Waals surface area contributed by atoms with Gasteiger partial charge in [-0.1, -0.05) is 13.8 Å². The van der Waals surface area contributed by atoms with E-state index in [1.807, 2.05) is 6.92 Å².